The van der Waals surface area contributed by atoms with Gasteiger partial charge in [-0.05, 0) is 58.6 Å². The maximum Gasteiger partial charge on any atom is 0.267 e. The van der Waals surface area contributed by atoms with Crippen LogP contribution in [-0.4, -0.2) is 40.8 Å². The fourth-order valence-electron chi connectivity index (χ4n) is 3.40. The van der Waals surface area contributed by atoms with E-state index in [1.165, 1.54) is 33.7 Å². The van der Waals surface area contributed by atoms with Gasteiger partial charge in [0.1, 0.15) is 10.7 Å². The van der Waals surface area contributed by atoms with E-state index in [1.54, 1.807) is 23.0 Å². The zero-order valence-corrected chi connectivity index (χ0v) is 19.5. The molecule has 0 spiro atoms. The van der Waals surface area contributed by atoms with E-state index in [4.69, 9.17) is 4.98 Å². The topological polar surface area (TPSA) is 115 Å². The zero-order valence-electron chi connectivity index (χ0n) is 17.9. The number of hydrogen-bond acceptors (Lipinski definition) is 10. The van der Waals surface area contributed by atoms with Crippen LogP contribution < -0.4 is 11.0 Å². The number of anilines is 1. The third-order valence-corrected chi connectivity index (χ3v) is 6.89. The Morgan fingerprint density at radius 2 is 1.80 bits per heavy atom. The third kappa shape index (κ3) is 4.16. The summed E-state index contributed by atoms with van der Waals surface area (Å²) in [7, 11) is 0. The number of nitrogens with one attached hydrogen (secondary N) is 1. The first-order chi connectivity index (χ1) is 17.3. The van der Waals surface area contributed by atoms with E-state index in [-0.39, 0.29) is 5.56 Å². The Hall–Kier alpha value is -4.42. The molecule has 1 N–H and O–H groups in total. The lowest BCUT2D eigenvalue weighted by Gasteiger charge is -2.08. The average molecular weight is 498 g/mol. The SMILES string of the molecule is O=c1c(/C=N/Nc2nc3ccccc3s2)c(Sc2nnnn2-c2ccccc2)nc2ccccn12. The minimum Gasteiger partial charge on any atom is -0.268 e. The largest absolute Gasteiger partial charge is 0.268 e. The summed E-state index contributed by atoms with van der Waals surface area (Å²) in [6.07, 6.45) is 3.13. The van der Waals surface area contributed by atoms with Crippen LogP contribution in [0.2, 0.25) is 0 Å². The lowest BCUT2D eigenvalue weighted by atomic mass is 10.3. The molecule has 0 unspecified atom stereocenters. The van der Waals surface area contributed by atoms with Crippen LogP contribution in [0.15, 0.2) is 99.1 Å². The smallest absolute Gasteiger partial charge is 0.267 e. The van der Waals surface area contributed by atoms with Gasteiger partial charge in [-0.3, -0.25) is 14.6 Å². The van der Waals surface area contributed by atoms with E-state index in [9.17, 15) is 4.79 Å². The van der Waals surface area contributed by atoms with Gasteiger partial charge in [-0.25, -0.2) is 9.97 Å². The van der Waals surface area contributed by atoms with Gasteiger partial charge in [-0.15, -0.1) is 5.10 Å². The molecular weight excluding hydrogens is 482 g/mol. The number of hydrazone groups is 1. The summed E-state index contributed by atoms with van der Waals surface area (Å²) in [4.78, 5) is 22.5. The summed E-state index contributed by atoms with van der Waals surface area (Å²) in [6, 6.07) is 22.7. The van der Waals surface area contributed by atoms with Crippen molar-refractivity contribution in [2.45, 2.75) is 10.2 Å². The highest BCUT2D eigenvalue weighted by Crippen LogP contribution is 2.28. The van der Waals surface area contributed by atoms with Crippen molar-refractivity contribution in [3.8, 4) is 5.69 Å². The van der Waals surface area contributed by atoms with Crippen molar-refractivity contribution in [3.63, 3.8) is 0 Å². The van der Waals surface area contributed by atoms with E-state index in [2.05, 4.69) is 31.0 Å². The molecule has 12 heteroatoms. The number of fused-ring (bicyclic) bond motifs is 2. The van der Waals surface area contributed by atoms with Crippen LogP contribution in [0.25, 0.3) is 21.6 Å². The van der Waals surface area contributed by atoms with Crippen LogP contribution in [0.4, 0.5) is 5.13 Å². The maximum absolute atomic E-state index is 13.3. The standard InChI is InChI=1S/C23H15N9OS2/c33-21-16(14-24-27-22-25-17-10-4-5-11-18(17)34-22)20(26-19-12-6-7-13-31(19)21)35-23-28-29-30-32(23)15-8-2-1-3-9-15/h1-14H,(H,25,27)/b24-14+. The minimum absolute atomic E-state index is 0.258. The molecule has 6 aromatic rings. The fraction of sp³-hybridized carbons (Fsp3) is 0. The number of hydrogen-bond donors (Lipinski definition) is 1. The first-order valence-electron chi connectivity index (χ1n) is 10.4. The summed E-state index contributed by atoms with van der Waals surface area (Å²) in [6.45, 7) is 0. The van der Waals surface area contributed by atoms with Crippen molar-refractivity contribution in [3.05, 3.63) is 94.9 Å². The molecule has 0 aliphatic heterocycles. The van der Waals surface area contributed by atoms with Crippen molar-refractivity contribution >= 4 is 50.3 Å². The number of pyridine rings is 1. The Morgan fingerprint density at radius 1 is 0.971 bits per heavy atom. The number of rotatable bonds is 6. The molecule has 0 fully saturated rings. The highest BCUT2D eigenvalue weighted by atomic mass is 32.2. The molecule has 2 aromatic carbocycles. The van der Waals surface area contributed by atoms with Crippen molar-refractivity contribution in [1.82, 2.24) is 34.6 Å². The minimum atomic E-state index is -0.258. The molecule has 170 valence electrons. The highest BCUT2D eigenvalue weighted by molar-refractivity contribution is 7.99. The number of tetrazole rings is 1. The zero-order chi connectivity index (χ0) is 23.6. The van der Waals surface area contributed by atoms with E-state index < -0.39 is 0 Å². The molecule has 6 rings (SSSR count). The molecule has 35 heavy (non-hydrogen) atoms. The molecular formula is C23H15N9OS2. The molecule has 0 saturated carbocycles. The first-order valence-corrected chi connectivity index (χ1v) is 12.1. The van der Waals surface area contributed by atoms with Gasteiger partial charge in [0.25, 0.3) is 5.56 Å². The first kappa shape index (κ1) is 21.1. The van der Waals surface area contributed by atoms with Gasteiger partial charge in [0.05, 0.1) is 27.7 Å². The lowest BCUT2D eigenvalue weighted by Crippen LogP contribution is -2.21. The number of para-hydroxylation sites is 2. The van der Waals surface area contributed by atoms with Crippen LogP contribution in [0.1, 0.15) is 5.56 Å². The lowest BCUT2D eigenvalue weighted by molar-refractivity contribution is 0.755. The number of aromatic nitrogens is 7. The predicted octanol–water partition coefficient (Wildman–Crippen LogP) is 3.88. The summed E-state index contributed by atoms with van der Waals surface area (Å²) >= 11 is 2.67. The summed E-state index contributed by atoms with van der Waals surface area (Å²) < 4.78 is 4.12. The molecule has 4 aromatic heterocycles. The molecule has 4 heterocycles. The van der Waals surface area contributed by atoms with Crippen LogP contribution in [-0.2, 0) is 0 Å². The van der Waals surface area contributed by atoms with Crippen LogP contribution in [0.5, 0.6) is 0 Å². The second-order valence-corrected chi connectivity index (χ2v) is 9.22. The van der Waals surface area contributed by atoms with Gasteiger partial charge in [0.15, 0.2) is 0 Å². The Balaban J connectivity index is 1.38. The molecule has 0 aliphatic rings. The van der Waals surface area contributed by atoms with Crippen molar-refractivity contribution in [1.29, 1.82) is 0 Å². The molecule has 0 aliphatic carbocycles. The van der Waals surface area contributed by atoms with Crippen molar-refractivity contribution in [2.75, 3.05) is 5.43 Å². The Morgan fingerprint density at radius 3 is 2.69 bits per heavy atom. The van der Waals surface area contributed by atoms with E-state index in [0.29, 0.717) is 26.5 Å². The molecule has 0 atom stereocenters. The fourth-order valence-corrected chi connectivity index (χ4v) is 5.09. The summed E-state index contributed by atoms with van der Waals surface area (Å²) in [5, 5.41) is 17.9. The number of thiazole rings is 1. The molecule has 0 bridgehead atoms. The second kappa shape index (κ2) is 9.08. The van der Waals surface area contributed by atoms with Crippen molar-refractivity contribution < 1.29 is 0 Å². The van der Waals surface area contributed by atoms with Crippen LogP contribution in [0, 0.1) is 0 Å². The van der Waals surface area contributed by atoms with Gasteiger partial charge in [0.2, 0.25) is 10.3 Å². The molecule has 0 radical (unpaired) electrons. The summed E-state index contributed by atoms with van der Waals surface area (Å²) in [5.41, 5.74) is 5.16. The van der Waals surface area contributed by atoms with Gasteiger partial charge < -0.3 is 0 Å². The Labute approximate surface area is 206 Å². The number of benzene rings is 2. The van der Waals surface area contributed by atoms with Gasteiger partial charge >= 0.3 is 0 Å². The van der Waals surface area contributed by atoms with Gasteiger partial charge in [0, 0.05) is 6.20 Å². The molecule has 10 nitrogen and oxygen atoms in total. The molecule has 0 saturated heterocycles. The Bertz CT molecular complexity index is 1710. The maximum atomic E-state index is 13.3. The van der Waals surface area contributed by atoms with E-state index >= 15 is 0 Å². The van der Waals surface area contributed by atoms with Crippen molar-refractivity contribution in [2.24, 2.45) is 5.10 Å². The highest BCUT2D eigenvalue weighted by Gasteiger charge is 2.17. The second-order valence-electron chi connectivity index (χ2n) is 7.23. The predicted molar refractivity (Wildman–Crippen MR) is 136 cm³/mol. The summed E-state index contributed by atoms with van der Waals surface area (Å²) in [5.74, 6) is 0. The van der Waals surface area contributed by atoms with Gasteiger partial charge in [-0.1, -0.05) is 47.7 Å². The molecule has 0 amide bonds. The number of nitrogens with zero attached hydrogens (tertiary/aromatic N) is 8. The van der Waals surface area contributed by atoms with Gasteiger partial charge in [-0.2, -0.15) is 9.78 Å². The Kier molecular flexibility index (Phi) is 5.48. The quantitative estimate of drug-likeness (QED) is 0.209. The normalized spacial score (nSPS) is 11.5. The van der Waals surface area contributed by atoms with E-state index in [1.807, 2.05) is 60.7 Å². The van der Waals surface area contributed by atoms with Crippen LogP contribution in [0.3, 0.4) is 0 Å². The average Bonchev–Trinajstić information content (AvgIpc) is 3.53. The van der Waals surface area contributed by atoms with E-state index in [0.717, 1.165) is 15.9 Å². The third-order valence-electron chi connectivity index (χ3n) is 5.01. The monoisotopic (exact) mass is 497 g/mol. The van der Waals surface area contributed by atoms with Crippen LogP contribution >= 0.6 is 23.1 Å².